The van der Waals surface area contributed by atoms with Gasteiger partial charge in [-0.05, 0) is 18.7 Å². The van der Waals surface area contributed by atoms with Crippen molar-refractivity contribution in [2.24, 2.45) is 5.73 Å². The smallest absolute Gasteiger partial charge is 0.253 e. The molecule has 0 heterocycles. The Kier molecular flexibility index (Phi) is 4.72. The zero-order valence-electron chi connectivity index (χ0n) is 9.22. The Labute approximate surface area is 94.0 Å². The van der Waals surface area contributed by atoms with Gasteiger partial charge in [0.2, 0.25) is 0 Å². The fourth-order valence-electron chi connectivity index (χ4n) is 1.38. The third-order valence-electron chi connectivity index (χ3n) is 2.13. The zero-order chi connectivity index (χ0) is 12.0. The second-order valence-electron chi connectivity index (χ2n) is 3.31. The Balaban J connectivity index is 2.71. The van der Waals surface area contributed by atoms with E-state index in [0.29, 0.717) is 12.2 Å². The van der Waals surface area contributed by atoms with Crippen molar-refractivity contribution in [3.63, 3.8) is 0 Å². The molecule has 0 unspecified atom stereocenters. The zero-order valence-corrected chi connectivity index (χ0v) is 9.22. The first kappa shape index (κ1) is 12.4. The number of hydrogen-bond acceptors (Lipinski definition) is 3. The molecule has 0 saturated heterocycles. The van der Waals surface area contributed by atoms with Crippen molar-refractivity contribution < 1.29 is 9.18 Å². The van der Waals surface area contributed by atoms with Crippen molar-refractivity contribution in [1.82, 2.24) is 5.32 Å². The molecule has 4 N–H and O–H groups in total. The molecule has 1 amide bonds. The SMILES string of the molecule is CCNCCNc1cccc(F)c1C(N)=O. The lowest BCUT2D eigenvalue weighted by atomic mass is 10.1. The molecule has 0 aliphatic carbocycles. The van der Waals surface area contributed by atoms with Crippen LogP contribution < -0.4 is 16.4 Å². The second-order valence-corrected chi connectivity index (χ2v) is 3.31. The second kappa shape index (κ2) is 6.07. The molecule has 0 aliphatic rings. The highest BCUT2D eigenvalue weighted by molar-refractivity contribution is 5.98. The molecule has 0 bridgehead atoms. The van der Waals surface area contributed by atoms with Crippen molar-refractivity contribution in [1.29, 1.82) is 0 Å². The van der Waals surface area contributed by atoms with Crippen molar-refractivity contribution in [2.75, 3.05) is 25.0 Å². The maximum Gasteiger partial charge on any atom is 0.253 e. The van der Waals surface area contributed by atoms with E-state index in [1.54, 1.807) is 6.07 Å². The lowest BCUT2D eigenvalue weighted by molar-refractivity contribution is 0.0997. The van der Waals surface area contributed by atoms with Crippen LogP contribution >= 0.6 is 0 Å². The summed E-state index contributed by atoms with van der Waals surface area (Å²) in [6.07, 6.45) is 0. The number of anilines is 1. The number of amides is 1. The molecule has 5 heteroatoms. The average Bonchev–Trinajstić information content (AvgIpc) is 2.24. The van der Waals surface area contributed by atoms with Gasteiger partial charge in [0.1, 0.15) is 5.82 Å². The first-order valence-electron chi connectivity index (χ1n) is 5.19. The van der Waals surface area contributed by atoms with Crippen LogP contribution in [0.2, 0.25) is 0 Å². The highest BCUT2D eigenvalue weighted by Crippen LogP contribution is 2.17. The molecular weight excluding hydrogens is 209 g/mol. The molecule has 1 aromatic carbocycles. The van der Waals surface area contributed by atoms with E-state index in [1.807, 2.05) is 6.92 Å². The van der Waals surface area contributed by atoms with Gasteiger partial charge < -0.3 is 16.4 Å². The Morgan fingerprint density at radius 1 is 1.44 bits per heavy atom. The predicted octanol–water partition coefficient (Wildman–Crippen LogP) is 0.946. The van der Waals surface area contributed by atoms with Crippen LogP contribution in [0.15, 0.2) is 18.2 Å². The highest BCUT2D eigenvalue weighted by Gasteiger charge is 2.12. The summed E-state index contributed by atoms with van der Waals surface area (Å²) in [5.74, 6) is -1.36. The minimum atomic E-state index is -0.760. The van der Waals surface area contributed by atoms with E-state index >= 15 is 0 Å². The fraction of sp³-hybridized carbons (Fsp3) is 0.364. The van der Waals surface area contributed by atoms with Crippen LogP contribution in [0, 0.1) is 5.82 Å². The van der Waals surface area contributed by atoms with Gasteiger partial charge in [-0.3, -0.25) is 4.79 Å². The summed E-state index contributed by atoms with van der Waals surface area (Å²) in [7, 11) is 0. The summed E-state index contributed by atoms with van der Waals surface area (Å²) in [6.45, 7) is 4.22. The molecule has 0 saturated carbocycles. The number of nitrogens with two attached hydrogens (primary N) is 1. The summed E-state index contributed by atoms with van der Waals surface area (Å²) in [5, 5.41) is 6.08. The molecule has 1 rings (SSSR count). The molecule has 0 radical (unpaired) electrons. The van der Waals surface area contributed by atoms with Gasteiger partial charge in [-0.1, -0.05) is 13.0 Å². The molecule has 16 heavy (non-hydrogen) atoms. The van der Waals surface area contributed by atoms with E-state index in [2.05, 4.69) is 10.6 Å². The minimum absolute atomic E-state index is 0.0843. The number of carbonyl (C=O) groups is 1. The van der Waals surface area contributed by atoms with Gasteiger partial charge in [-0.2, -0.15) is 0 Å². The maximum absolute atomic E-state index is 13.3. The standard InChI is InChI=1S/C11H16FN3O/c1-2-14-6-7-15-9-5-3-4-8(12)10(9)11(13)16/h3-5,14-15H,2,6-7H2,1H3,(H2,13,16). The number of halogens is 1. The first-order chi connectivity index (χ1) is 7.66. The quantitative estimate of drug-likeness (QED) is 0.631. The number of rotatable bonds is 6. The van der Waals surface area contributed by atoms with Crippen LogP contribution in [0.5, 0.6) is 0 Å². The van der Waals surface area contributed by atoms with Crippen LogP contribution in [0.4, 0.5) is 10.1 Å². The molecule has 88 valence electrons. The van der Waals surface area contributed by atoms with E-state index in [1.165, 1.54) is 12.1 Å². The number of nitrogens with one attached hydrogen (secondary N) is 2. The Hall–Kier alpha value is -1.62. The lowest BCUT2D eigenvalue weighted by Crippen LogP contribution is -2.23. The van der Waals surface area contributed by atoms with Crippen LogP contribution in [0.1, 0.15) is 17.3 Å². The van der Waals surface area contributed by atoms with Gasteiger partial charge in [0.15, 0.2) is 0 Å². The van der Waals surface area contributed by atoms with Crippen molar-refractivity contribution >= 4 is 11.6 Å². The number of likely N-dealkylation sites (N-methyl/N-ethyl adjacent to an activating group) is 1. The largest absolute Gasteiger partial charge is 0.383 e. The number of primary amides is 1. The Bertz CT molecular complexity index is 368. The van der Waals surface area contributed by atoms with Gasteiger partial charge in [0.05, 0.1) is 5.56 Å². The van der Waals surface area contributed by atoms with Crippen LogP contribution in [-0.2, 0) is 0 Å². The molecule has 0 fully saturated rings. The summed E-state index contributed by atoms with van der Waals surface area (Å²) < 4.78 is 13.3. The van der Waals surface area contributed by atoms with E-state index in [-0.39, 0.29) is 5.56 Å². The summed E-state index contributed by atoms with van der Waals surface area (Å²) >= 11 is 0. The molecule has 0 aromatic heterocycles. The Morgan fingerprint density at radius 3 is 2.81 bits per heavy atom. The van der Waals surface area contributed by atoms with Crippen molar-refractivity contribution in [3.05, 3.63) is 29.6 Å². The fourth-order valence-corrected chi connectivity index (χ4v) is 1.38. The molecule has 0 spiro atoms. The molecular formula is C11H16FN3O. The van der Waals surface area contributed by atoms with E-state index in [0.717, 1.165) is 13.1 Å². The number of benzene rings is 1. The number of carbonyl (C=O) groups excluding carboxylic acids is 1. The average molecular weight is 225 g/mol. The van der Waals surface area contributed by atoms with Gasteiger partial charge in [-0.15, -0.1) is 0 Å². The third-order valence-corrected chi connectivity index (χ3v) is 2.13. The van der Waals surface area contributed by atoms with Gasteiger partial charge in [0.25, 0.3) is 5.91 Å². The van der Waals surface area contributed by atoms with Crippen LogP contribution in [0.3, 0.4) is 0 Å². The third kappa shape index (κ3) is 3.20. The van der Waals surface area contributed by atoms with Gasteiger partial charge in [-0.25, -0.2) is 4.39 Å². The van der Waals surface area contributed by atoms with Crippen LogP contribution in [0.25, 0.3) is 0 Å². The van der Waals surface area contributed by atoms with Gasteiger partial charge >= 0.3 is 0 Å². The normalized spacial score (nSPS) is 10.1. The topological polar surface area (TPSA) is 67.2 Å². The lowest BCUT2D eigenvalue weighted by Gasteiger charge is -2.10. The van der Waals surface area contributed by atoms with E-state index in [4.69, 9.17) is 5.73 Å². The van der Waals surface area contributed by atoms with Crippen molar-refractivity contribution in [3.8, 4) is 0 Å². The van der Waals surface area contributed by atoms with E-state index in [9.17, 15) is 9.18 Å². The monoisotopic (exact) mass is 225 g/mol. The molecule has 0 aliphatic heterocycles. The maximum atomic E-state index is 13.3. The Morgan fingerprint density at radius 2 is 2.19 bits per heavy atom. The predicted molar refractivity (Wildman–Crippen MR) is 62.0 cm³/mol. The van der Waals surface area contributed by atoms with Gasteiger partial charge in [0, 0.05) is 18.8 Å². The summed E-state index contributed by atoms with van der Waals surface area (Å²) in [4.78, 5) is 11.1. The highest BCUT2D eigenvalue weighted by atomic mass is 19.1. The molecule has 4 nitrogen and oxygen atoms in total. The molecule has 0 atom stereocenters. The van der Waals surface area contributed by atoms with Crippen molar-refractivity contribution in [2.45, 2.75) is 6.92 Å². The summed E-state index contributed by atoms with van der Waals surface area (Å²) in [6, 6.07) is 4.39. The molecule has 1 aromatic rings. The minimum Gasteiger partial charge on any atom is -0.383 e. The first-order valence-corrected chi connectivity index (χ1v) is 5.19. The van der Waals surface area contributed by atoms with Crippen LogP contribution in [-0.4, -0.2) is 25.5 Å². The number of hydrogen-bond donors (Lipinski definition) is 3. The summed E-state index contributed by atoms with van der Waals surface area (Å²) in [5.41, 5.74) is 5.46. The van der Waals surface area contributed by atoms with E-state index < -0.39 is 11.7 Å².